The Morgan fingerprint density at radius 2 is 1.04 bits per heavy atom. The lowest BCUT2D eigenvalue weighted by molar-refractivity contribution is -0.138. The van der Waals surface area contributed by atoms with Gasteiger partial charge in [0.15, 0.2) is 0 Å². The van der Waals surface area contributed by atoms with E-state index in [4.69, 9.17) is 14.2 Å². The normalized spacial score (nSPS) is 12.0. The molecule has 2 amide bonds. The minimum atomic E-state index is -4.54. The van der Waals surface area contributed by atoms with Crippen molar-refractivity contribution in [1.82, 2.24) is 10.6 Å². The van der Waals surface area contributed by atoms with Crippen molar-refractivity contribution in [2.45, 2.75) is 44.4 Å². The van der Waals surface area contributed by atoms with Crippen molar-refractivity contribution in [3.8, 4) is 28.0 Å². The summed E-state index contributed by atoms with van der Waals surface area (Å²) in [6.07, 6.45) is -9.70. The first kappa shape index (κ1) is 39.2. The predicted octanol–water partition coefficient (Wildman–Crippen LogP) is 10.4. The highest BCUT2D eigenvalue weighted by Crippen LogP contribution is 2.36. The number of amides is 2. The van der Waals surface area contributed by atoms with Gasteiger partial charge in [0.05, 0.1) is 17.2 Å². The van der Waals surface area contributed by atoms with Crippen molar-refractivity contribution in [3.63, 3.8) is 0 Å². The summed E-state index contributed by atoms with van der Waals surface area (Å²) in [6, 6.07) is 31.3. The highest BCUT2D eigenvalue weighted by molar-refractivity contribution is 5.75. The number of carbonyl (C=O) groups excluding carboxylic acids is 2. The van der Waals surface area contributed by atoms with Crippen molar-refractivity contribution >= 4 is 12.2 Å². The van der Waals surface area contributed by atoms with E-state index in [-0.39, 0.29) is 32.1 Å². The number of alkyl carbamates (subject to hydrolysis) is 2. The molecule has 5 aromatic carbocycles. The van der Waals surface area contributed by atoms with Gasteiger partial charge in [0, 0.05) is 6.54 Å². The van der Waals surface area contributed by atoms with Gasteiger partial charge in [0.1, 0.15) is 25.6 Å². The van der Waals surface area contributed by atoms with E-state index in [2.05, 4.69) is 10.6 Å². The Bertz CT molecular complexity index is 1880. The molecule has 0 heterocycles. The first-order valence-electron chi connectivity index (χ1n) is 16.9. The minimum absolute atomic E-state index is 0.0146. The summed E-state index contributed by atoms with van der Waals surface area (Å²) in [7, 11) is 0. The maximum Gasteiger partial charge on any atom is 0.416 e. The molecule has 0 saturated heterocycles. The van der Waals surface area contributed by atoms with Gasteiger partial charge in [-0.3, -0.25) is 0 Å². The van der Waals surface area contributed by atoms with Gasteiger partial charge in [0.2, 0.25) is 0 Å². The predicted molar refractivity (Wildman–Crippen MR) is 190 cm³/mol. The van der Waals surface area contributed by atoms with Crippen LogP contribution >= 0.6 is 0 Å². The monoisotopic (exact) mass is 750 g/mol. The van der Waals surface area contributed by atoms with Gasteiger partial charge in [-0.15, -0.1) is 0 Å². The number of halogens is 6. The van der Waals surface area contributed by atoms with Gasteiger partial charge in [-0.2, -0.15) is 26.3 Å². The lowest BCUT2D eigenvalue weighted by atomic mass is 9.97. The fourth-order valence-electron chi connectivity index (χ4n) is 5.36. The number of rotatable bonds is 14. The number of benzene rings is 5. The highest BCUT2D eigenvalue weighted by atomic mass is 19.4. The van der Waals surface area contributed by atoms with E-state index >= 15 is 0 Å². The van der Waals surface area contributed by atoms with Crippen molar-refractivity contribution in [2.75, 3.05) is 13.2 Å². The van der Waals surface area contributed by atoms with Crippen LogP contribution in [0.2, 0.25) is 0 Å². The summed E-state index contributed by atoms with van der Waals surface area (Å²) >= 11 is 0. The maximum absolute atomic E-state index is 13.3. The van der Waals surface area contributed by atoms with Crippen LogP contribution in [0.1, 0.15) is 35.1 Å². The summed E-state index contributed by atoms with van der Waals surface area (Å²) in [4.78, 5) is 25.1. The largest absolute Gasteiger partial charge is 0.491 e. The molecule has 7 nitrogen and oxygen atoms in total. The van der Waals surface area contributed by atoms with Crippen LogP contribution < -0.4 is 15.4 Å². The Balaban J connectivity index is 1.31. The third-order valence-corrected chi connectivity index (χ3v) is 8.20. The number of nitrogens with one attached hydrogen (secondary N) is 2. The lowest BCUT2D eigenvalue weighted by Crippen LogP contribution is -2.40. The summed E-state index contributed by atoms with van der Waals surface area (Å²) in [5.41, 5.74) is 1.63. The fourth-order valence-corrected chi connectivity index (χ4v) is 5.36. The summed E-state index contributed by atoms with van der Waals surface area (Å²) < 4.78 is 96.4. The van der Waals surface area contributed by atoms with Crippen molar-refractivity contribution in [1.29, 1.82) is 0 Å². The van der Waals surface area contributed by atoms with Gasteiger partial charge in [0.25, 0.3) is 0 Å². The average Bonchev–Trinajstić information content (AvgIpc) is 3.17. The van der Waals surface area contributed by atoms with E-state index in [1.54, 1.807) is 30.3 Å². The standard InChI is InChI=1S/C41H36F6N2O5/c42-40(43,44)34-17-13-30(14-18-34)32-22-33(31-15-19-35(20-16-31)41(45,46)47)24-37(23-32)52-27-36(49-39(51)54-26-29-10-5-2-6-11-29)12-7-21-48-38(50)53-25-28-8-3-1-4-9-28/h1-6,8-11,13-20,22-24,36H,7,12,21,25-27H2,(H,48,50)(H,49,51)/t36-/m0/s1. The Labute approximate surface area is 307 Å². The Morgan fingerprint density at radius 3 is 1.50 bits per heavy atom. The van der Waals surface area contributed by atoms with Crippen LogP contribution in [0.3, 0.4) is 0 Å². The summed E-state index contributed by atoms with van der Waals surface area (Å²) in [5, 5.41) is 5.46. The molecule has 0 bridgehead atoms. The molecule has 0 unspecified atom stereocenters. The first-order chi connectivity index (χ1) is 25.8. The first-order valence-corrected chi connectivity index (χ1v) is 16.9. The highest BCUT2D eigenvalue weighted by Gasteiger charge is 2.31. The molecule has 1 atom stereocenters. The molecule has 282 valence electrons. The molecule has 0 spiro atoms. The Morgan fingerprint density at radius 1 is 0.574 bits per heavy atom. The van der Waals surface area contributed by atoms with E-state index < -0.39 is 41.7 Å². The van der Waals surface area contributed by atoms with Gasteiger partial charge >= 0.3 is 24.5 Å². The van der Waals surface area contributed by atoms with Crippen molar-refractivity contribution in [2.24, 2.45) is 0 Å². The zero-order valence-electron chi connectivity index (χ0n) is 28.8. The molecule has 54 heavy (non-hydrogen) atoms. The van der Waals surface area contributed by atoms with E-state index in [9.17, 15) is 35.9 Å². The molecule has 0 aromatic heterocycles. The number of ether oxygens (including phenoxy) is 3. The summed E-state index contributed by atoms with van der Waals surface area (Å²) in [5.74, 6) is 0.245. The van der Waals surface area contributed by atoms with Crippen LogP contribution in [-0.2, 0) is 35.0 Å². The smallest absolute Gasteiger partial charge is 0.416 e. The van der Waals surface area contributed by atoms with Crippen molar-refractivity contribution in [3.05, 3.63) is 150 Å². The fraction of sp³-hybridized carbons (Fsp3) is 0.220. The number of alkyl halides is 6. The molecule has 0 aliphatic carbocycles. The minimum Gasteiger partial charge on any atom is -0.491 e. The molecule has 5 rings (SSSR count). The average molecular weight is 751 g/mol. The van der Waals surface area contributed by atoms with Crippen LogP contribution in [0, 0.1) is 0 Å². The summed E-state index contributed by atoms with van der Waals surface area (Å²) in [6.45, 7) is 0.229. The Kier molecular flexibility index (Phi) is 13.2. The molecule has 0 aliphatic heterocycles. The topological polar surface area (TPSA) is 85.9 Å². The van der Waals surface area contributed by atoms with Crippen LogP contribution in [0.25, 0.3) is 22.3 Å². The quantitative estimate of drug-likeness (QED) is 0.0872. The van der Waals surface area contributed by atoms with Gasteiger partial charge in [-0.1, -0.05) is 84.9 Å². The van der Waals surface area contributed by atoms with Crippen LogP contribution in [-0.4, -0.2) is 31.4 Å². The lowest BCUT2D eigenvalue weighted by Gasteiger charge is -2.20. The zero-order chi connectivity index (χ0) is 38.6. The molecular formula is C41H36F6N2O5. The second-order valence-electron chi connectivity index (χ2n) is 12.2. The van der Waals surface area contributed by atoms with Gasteiger partial charge < -0.3 is 24.8 Å². The van der Waals surface area contributed by atoms with Crippen LogP contribution in [0.5, 0.6) is 5.75 Å². The molecular weight excluding hydrogens is 714 g/mol. The number of carbonyl (C=O) groups is 2. The molecule has 0 fully saturated rings. The molecule has 0 saturated carbocycles. The van der Waals surface area contributed by atoms with E-state index in [0.29, 0.717) is 35.1 Å². The molecule has 0 radical (unpaired) electrons. The second-order valence-corrected chi connectivity index (χ2v) is 12.2. The number of hydrogen-bond donors (Lipinski definition) is 2. The number of hydrogen-bond acceptors (Lipinski definition) is 5. The van der Waals surface area contributed by atoms with Gasteiger partial charge in [-0.25, -0.2) is 9.59 Å². The zero-order valence-corrected chi connectivity index (χ0v) is 28.8. The molecule has 2 N–H and O–H groups in total. The van der Waals surface area contributed by atoms with E-state index in [1.807, 2.05) is 48.5 Å². The molecule has 5 aromatic rings. The van der Waals surface area contributed by atoms with Crippen LogP contribution in [0.15, 0.2) is 127 Å². The third-order valence-electron chi connectivity index (χ3n) is 8.20. The SMILES string of the molecule is O=C(NCCC[C@@H](COc1cc(-c2ccc(C(F)(F)F)cc2)cc(-c2ccc(C(F)(F)F)cc2)c1)NC(=O)OCc1ccccc1)OCc1ccccc1. The van der Waals surface area contributed by atoms with Gasteiger partial charge in [-0.05, 0) is 88.7 Å². The van der Waals surface area contributed by atoms with Crippen molar-refractivity contribution < 1.29 is 50.1 Å². The van der Waals surface area contributed by atoms with E-state index in [0.717, 1.165) is 35.4 Å². The Hall–Kier alpha value is -5.98. The van der Waals surface area contributed by atoms with Crippen LogP contribution in [0.4, 0.5) is 35.9 Å². The third kappa shape index (κ3) is 12.0. The van der Waals surface area contributed by atoms with E-state index in [1.165, 1.54) is 24.3 Å². The maximum atomic E-state index is 13.3. The molecule has 13 heteroatoms. The second kappa shape index (κ2) is 18.2. The molecule has 0 aliphatic rings.